The quantitative estimate of drug-likeness (QED) is 0.566. The van der Waals surface area contributed by atoms with Crippen LogP contribution in [0, 0.1) is 19.1 Å². The first-order valence-electron chi connectivity index (χ1n) is 4.66. The molecule has 5 heteroatoms. The van der Waals surface area contributed by atoms with E-state index in [1.54, 1.807) is 20.8 Å². The Bertz CT molecular complexity index is 355. The highest BCUT2D eigenvalue weighted by Crippen LogP contribution is 2.30. The fraction of sp³-hybridized carbons (Fsp3) is 0.500. The predicted molar refractivity (Wildman–Crippen MR) is 52.6 cm³/mol. The number of rotatable bonds is 4. The number of nitrogens with zero attached hydrogens (tertiary/aromatic N) is 1. The van der Waals surface area contributed by atoms with Gasteiger partial charge in [0, 0.05) is 6.92 Å². The van der Waals surface area contributed by atoms with Crippen LogP contribution in [0.25, 0.3) is 0 Å². The van der Waals surface area contributed by atoms with Crippen molar-refractivity contribution in [2.75, 3.05) is 13.5 Å². The van der Waals surface area contributed by atoms with Crippen molar-refractivity contribution in [1.29, 1.82) is 0 Å². The van der Waals surface area contributed by atoms with Crippen molar-refractivity contribution in [3.05, 3.63) is 22.7 Å². The number of aromatic nitrogens is 1. The molecule has 0 N–H and O–H groups in total. The molecule has 15 heavy (non-hydrogen) atoms. The van der Waals surface area contributed by atoms with Gasteiger partial charge in [0.2, 0.25) is 18.8 Å². The second-order valence-corrected chi connectivity index (χ2v) is 3.05. The Morgan fingerprint density at radius 1 is 1.40 bits per heavy atom. The fourth-order valence-corrected chi connectivity index (χ4v) is 1.27. The normalized spacial score (nSPS) is 10.1. The number of ether oxygens (including phenoxy) is 2. The van der Waals surface area contributed by atoms with Crippen LogP contribution < -0.4 is 14.2 Å². The van der Waals surface area contributed by atoms with E-state index in [0.29, 0.717) is 28.3 Å². The van der Waals surface area contributed by atoms with Crippen LogP contribution in [-0.2, 0) is 0 Å². The van der Waals surface area contributed by atoms with Gasteiger partial charge in [0.05, 0.1) is 12.2 Å². The molecule has 0 saturated carbocycles. The molecule has 0 radical (unpaired) electrons. The Kier molecular flexibility index (Phi) is 3.71. The zero-order valence-corrected chi connectivity index (χ0v) is 9.04. The van der Waals surface area contributed by atoms with E-state index >= 15 is 0 Å². The Morgan fingerprint density at radius 2 is 2.07 bits per heavy atom. The molecule has 0 aliphatic rings. The first-order valence-corrected chi connectivity index (χ1v) is 4.66. The first-order chi connectivity index (χ1) is 7.11. The highest BCUT2D eigenvalue weighted by atomic mass is 19.1. The van der Waals surface area contributed by atoms with Crippen LogP contribution >= 0.6 is 0 Å². The smallest absolute Gasteiger partial charge is 0.228 e. The second kappa shape index (κ2) is 4.82. The van der Waals surface area contributed by atoms with Gasteiger partial charge >= 0.3 is 0 Å². The van der Waals surface area contributed by atoms with E-state index in [0.717, 1.165) is 0 Å². The molecule has 0 spiro atoms. The van der Waals surface area contributed by atoms with E-state index in [-0.39, 0.29) is 5.75 Å². The summed E-state index contributed by atoms with van der Waals surface area (Å²) in [5.74, 6) is 0.567. The summed E-state index contributed by atoms with van der Waals surface area (Å²) in [6.07, 6.45) is 1.25. The van der Waals surface area contributed by atoms with Crippen molar-refractivity contribution in [2.24, 2.45) is 0 Å². The maximum atomic E-state index is 12.1. The average Bonchev–Trinajstić information content (AvgIpc) is 2.21. The van der Waals surface area contributed by atoms with Gasteiger partial charge in [-0.2, -0.15) is 4.73 Å². The Labute approximate surface area is 87.8 Å². The van der Waals surface area contributed by atoms with Gasteiger partial charge in [-0.1, -0.05) is 0 Å². The summed E-state index contributed by atoms with van der Waals surface area (Å²) in [4.78, 5) is 0. The maximum absolute atomic E-state index is 12.1. The topological polar surface area (TPSA) is 45.4 Å². The molecule has 0 unspecified atom stereocenters. The molecule has 0 amide bonds. The summed E-state index contributed by atoms with van der Waals surface area (Å²) in [5, 5.41) is 11.4. The van der Waals surface area contributed by atoms with Crippen molar-refractivity contribution in [3.8, 4) is 11.5 Å². The molecular formula is C10H14FNO3. The number of alkyl halides is 1. The monoisotopic (exact) mass is 215 g/mol. The molecule has 84 valence electrons. The Morgan fingerprint density at radius 3 is 2.60 bits per heavy atom. The molecule has 0 saturated heterocycles. The molecule has 1 aromatic heterocycles. The van der Waals surface area contributed by atoms with Crippen LogP contribution in [0.1, 0.15) is 18.2 Å². The second-order valence-electron chi connectivity index (χ2n) is 3.05. The Hall–Kier alpha value is -1.52. The van der Waals surface area contributed by atoms with Gasteiger partial charge in [-0.3, -0.25) is 0 Å². The Balaban J connectivity index is 3.23. The van der Waals surface area contributed by atoms with E-state index in [4.69, 9.17) is 9.47 Å². The van der Waals surface area contributed by atoms with Crippen molar-refractivity contribution in [2.45, 2.75) is 20.8 Å². The molecular weight excluding hydrogens is 201 g/mol. The van der Waals surface area contributed by atoms with Crippen LogP contribution in [0.15, 0.2) is 6.20 Å². The molecule has 0 aliphatic heterocycles. The van der Waals surface area contributed by atoms with Crippen molar-refractivity contribution < 1.29 is 18.6 Å². The van der Waals surface area contributed by atoms with Gasteiger partial charge < -0.3 is 14.7 Å². The molecule has 0 aliphatic carbocycles. The van der Waals surface area contributed by atoms with E-state index < -0.39 is 6.86 Å². The number of hydrogen-bond donors (Lipinski definition) is 0. The standard InChI is InChI=1S/C10H14FNO3/c1-4-14-9-5-12(13)8(3)7(2)10(9)15-6-11/h5H,4,6H2,1-3H3. The van der Waals surface area contributed by atoms with Gasteiger partial charge in [0.25, 0.3) is 0 Å². The average molecular weight is 215 g/mol. The lowest BCUT2D eigenvalue weighted by molar-refractivity contribution is -0.613. The fourth-order valence-electron chi connectivity index (χ4n) is 1.27. The molecule has 4 nitrogen and oxygen atoms in total. The number of halogens is 1. The minimum atomic E-state index is -0.941. The zero-order valence-electron chi connectivity index (χ0n) is 9.04. The van der Waals surface area contributed by atoms with Gasteiger partial charge in [-0.05, 0) is 13.8 Å². The summed E-state index contributed by atoms with van der Waals surface area (Å²) >= 11 is 0. The van der Waals surface area contributed by atoms with Crippen molar-refractivity contribution in [3.63, 3.8) is 0 Å². The van der Waals surface area contributed by atoms with Crippen LogP contribution in [-0.4, -0.2) is 13.5 Å². The molecule has 1 aromatic rings. The van der Waals surface area contributed by atoms with Gasteiger partial charge in [-0.15, -0.1) is 0 Å². The lowest BCUT2D eigenvalue weighted by atomic mass is 10.2. The lowest BCUT2D eigenvalue weighted by Crippen LogP contribution is -2.31. The van der Waals surface area contributed by atoms with Gasteiger partial charge in [-0.25, -0.2) is 4.39 Å². The van der Waals surface area contributed by atoms with Gasteiger partial charge in [0.15, 0.2) is 11.4 Å². The minimum absolute atomic E-state index is 0.272. The predicted octanol–water partition coefficient (Wildman–Crippen LogP) is 1.64. The van der Waals surface area contributed by atoms with E-state index in [1.165, 1.54) is 6.20 Å². The third-order valence-corrected chi connectivity index (χ3v) is 2.17. The number of hydrogen-bond acceptors (Lipinski definition) is 3. The first kappa shape index (κ1) is 11.6. The summed E-state index contributed by atoms with van der Waals surface area (Å²) in [7, 11) is 0. The van der Waals surface area contributed by atoms with E-state index in [2.05, 4.69) is 0 Å². The summed E-state index contributed by atoms with van der Waals surface area (Å²) in [5.41, 5.74) is 1.07. The summed E-state index contributed by atoms with van der Waals surface area (Å²) in [6.45, 7) is 4.57. The van der Waals surface area contributed by atoms with Crippen LogP contribution in [0.5, 0.6) is 11.5 Å². The minimum Gasteiger partial charge on any atom is -0.618 e. The maximum Gasteiger partial charge on any atom is 0.228 e. The van der Waals surface area contributed by atoms with E-state index in [1.807, 2.05) is 0 Å². The van der Waals surface area contributed by atoms with Crippen LogP contribution in [0.3, 0.4) is 0 Å². The molecule has 1 heterocycles. The lowest BCUT2D eigenvalue weighted by Gasteiger charge is -2.13. The molecule has 0 atom stereocenters. The molecule has 1 rings (SSSR count). The number of pyridine rings is 1. The summed E-state index contributed by atoms with van der Waals surface area (Å²) in [6, 6.07) is 0. The van der Waals surface area contributed by atoms with Crippen LogP contribution in [0.4, 0.5) is 4.39 Å². The van der Waals surface area contributed by atoms with E-state index in [9.17, 15) is 9.60 Å². The molecule has 0 bridgehead atoms. The molecule has 0 aromatic carbocycles. The SMILES string of the molecule is CCOc1c[n+]([O-])c(C)c(C)c1OCF. The van der Waals surface area contributed by atoms with Crippen LogP contribution in [0.2, 0.25) is 0 Å². The van der Waals surface area contributed by atoms with Gasteiger partial charge in [0.1, 0.15) is 0 Å². The highest BCUT2D eigenvalue weighted by Gasteiger charge is 2.18. The van der Waals surface area contributed by atoms with Crippen molar-refractivity contribution >= 4 is 0 Å². The largest absolute Gasteiger partial charge is 0.618 e. The highest BCUT2D eigenvalue weighted by molar-refractivity contribution is 5.44. The third-order valence-electron chi connectivity index (χ3n) is 2.17. The van der Waals surface area contributed by atoms with Crippen molar-refractivity contribution in [1.82, 2.24) is 0 Å². The molecule has 0 fully saturated rings. The summed E-state index contributed by atoms with van der Waals surface area (Å²) < 4.78 is 22.8. The zero-order chi connectivity index (χ0) is 11.4. The third kappa shape index (κ3) is 2.29.